The van der Waals surface area contributed by atoms with Gasteiger partial charge in [0.1, 0.15) is 5.52 Å². The maximum absolute atomic E-state index is 5.50. The Labute approximate surface area is 75.5 Å². The second-order valence-electron chi connectivity index (χ2n) is 2.82. The number of rotatable bonds is 2. The fourth-order valence-electron chi connectivity index (χ4n) is 1.24. The Balaban J connectivity index is 2.57. The summed E-state index contributed by atoms with van der Waals surface area (Å²) in [5.74, 6) is 0.559. The maximum atomic E-state index is 5.50. The van der Waals surface area contributed by atoms with Crippen molar-refractivity contribution in [3.63, 3.8) is 0 Å². The lowest BCUT2D eigenvalue weighted by atomic mass is 10.2. The number of hydrogen-bond donors (Lipinski definition) is 2. The minimum absolute atomic E-state index is 0.326. The lowest BCUT2D eigenvalue weighted by molar-refractivity contribution is 0.533. The van der Waals surface area contributed by atoms with Crippen molar-refractivity contribution in [2.75, 3.05) is 0 Å². The highest BCUT2D eigenvalue weighted by molar-refractivity contribution is 5.73. The molecule has 0 amide bonds. The Morgan fingerprint density at radius 1 is 1.23 bits per heavy atom. The number of fused-ring (bicyclic) bond motifs is 1. The molecule has 0 fully saturated rings. The summed E-state index contributed by atoms with van der Waals surface area (Å²) < 4.78 is 5.34. The molecule has 0 aliphatic carbocycles. The van der Waals surface area contributed by atoms with E-state index in [1.807, 2.05) is 18.2 Å². The number of nitrogens with zero attached hydrogens (tertiary/aromatic N) is 1. The molecule has 1 aromatic heterocycles. The fraction of sp³-hybridized carbons (Fsp3) is 0.222. The van der Waals surface area contributed by atoms with Crippen LogP contribution in [0.15, 0.2) is 22.6 Å². The lowest BCUT2D eigenvalue weighted by Crippen LogP contribution is -1.96. The first-order valence-electron chi connectivity index (χ1n) is 4.12. The SMILES string of the molecule is NCc1ccc2oc(CN)nc2c1. The highest BCUT2D eigenvalue weighted by atomic mass is 16.3. The van der Waals surface area contributed by atoms with E-state index < -0.39 is 0 Å². The van der Waals surface area contributed by atoms with E-state index in [0.717, 1.165) is 16.7 Å². The monoisotopic (exact) mass is 177 g/mol. The van der Waals surface area contributed by atoms with Gasteiger partial charge in [-0.2, -0.15) is 0 Å². The molecule has 4 N–H and O–H groups in total. The van der Waals surface area contributed by atoms with Crippen LogP contribution in [0.2, 0.25) is 0 Å². The van der Waals surface area contributed by atoms with Crippen molar-refractivity contribution in [2.45, 2.75) is 13.1 Å². The van der Waals surface area contributed by atoms with Crippen molar-refractivity contribution in [3.05, 3.63) is 29.7 Å². The zero-order chi connectivity index (χ0) is 9.26. The normalized spacial score (nSPS) is 10.9. The predicted octanol–water partition coefficient (Wildman–Crippen LogP) is 0.745. The van der Waals surface area contributed by atoms with Crippen LogP contribution < -0.4 is 11.5 Å². The maximum Gasteiger partial charge on any atom is 0.209 e. The molecule has 1 aromatic carbocycles. The van der Waals surface area contributed by atoms with Crippen LogP contribution in [0.3, 0.4) is 0 Å². The molecule has 2 rings (SSSR count). The Kier molecular flexibility index (Phi) is 2.00. The Morgan fingerprint density at radius 3 is 2.77 bits per heavy atom. The van der Waals surface area contributed by atoms with Crippen molar-refractivity contribution in [3.8, 4) is 0 Å². The van der Waals surface area contributed by atoms with Crippen molar-refractivity contribution >= 4 is 11.1 Å². The first kappa shape index (κ1) is 8.22. The summed E-state index contributed by atoms with van der Waals surface area (Å²) in [4.78, 5) is 4.19. The molecular weight excluding hydrogens is 166 g/mol. The molecule has 0 radical (unpaired) electrons. The van der Waals surface area contributed by atoms with E-state index in [9.17, 15) is 0 Å². The van der Waals surface area contributed by atoms with Gasteiger partial charge in [0.2, 0.25) is 5.89 Å². The van der Waals surface area contributed by atoms with E-state index in [1.54, 1.807) is 0 Å². The van der Waals surface area contributed by atoms with Gasteiger partial charge in [0.05, 0.1) is 6.54 Å². The van der Waals surface area contributed by atoms with Crippen LogP contribution in [-0.4, -0.2) is 4.98 Å². The Hall–Kier alpha value is -1.39. The molecule has 0 atom stereocenters. The highest BCUT2D eigenvalue weighted by Crippen LogP contribution is 2.16. The summed E-state index contributed by atoms with van der Waals surface area (Å²) >= 11 is 0. The van der Waals surface area contributed by atoms with Gasteiger partial charge in [0.15, 0.2) is 5.58 Å². The third-order valence-corrected chi connectivity index (χ3v) is 1.91. The fourth-order valence-corrected chi connectivity index (χ4v) is 1.24. The van der Waals surface area contributed by atoms with Crippen molar-refractivity contribution in [1.29, 1.82) is 0 Å². The summed E-state index contributed by atoms with van der Waals surface area (Å²) in [6, 6.07) is 5.70. The van der Waals surface area contributed by atoms with Crippen LogP contribution in [0.25, 0.3) is 11.1 Å². The van der Waals surface area contributed by atoms with Gasteiger partial charge in [-0.15, -0.1) is 0 Å². The average Bonchev–Trinajstić information content (AvgIpc) is 2.58. The number of hydrogen-bond acceptors (Lipinski definition) is 4. The molecule has 4 heteroatoms. The van der Waals surface area contributed by atoms with E-state index in [2.05, 4.69) is 4.98 Å². The summed E-state index contributed by atoms with van der Waals surface area (Å²) in [7, 11) is 0. The van der Waals surface area contributed by atoms with Crippen molar-refractivity contribution in [2.24, 2.45) is 11.5 Å². The summed E-state index contributed by atoms with van der Waals surface area (Å²) in [5.41, 5.74) is 13.5. The van der Waals surface area contributed by atoms with E-state index in [0.29, 0.717) is 19.0 Å². The molecule has 0 aliphatic heterocycles. The standard InChI is InChI=1S/C9H11N3O/c10-4-6-1-2-8-7(3-6)12-9(5-11)13-8/h1-3H,4-5,10-11H2. The molecule has 68 valence electrons. The zero-order valence-corrected chi connectivity index (χ0v) is 7.16. The Morgan fingerprint density at radius 2 is 2.08 bits per heavy atom. The molecule has 0 aliphatic rings. The molecule has 0 unspecified atom stereocenters. The van der Waals surface area contributed by atoms with Crippen molar-refractivity contribution < 1.29 is 4.42 Å². The molecular formula is C9H11N3O. The van der Waals surface area contributed by atoms with Gasteiger partial charge in [0.25, 0.3) is 0 Å². The van der Waals surface area contributed by atoms with E-state index >= 15 is 0 Å². The molecule has 13 heavy (non-hydrogen) atoms. The number of oxazole rings is 1. The highest BCUT2D eigenvalue weighted by Gasteiger charge is 2.03. The second-order valence-corrected chi connectivity index (χ2v) is 2.82. The average molecular weight is 177 g/mol. The van der Waals surface area contributed by atoms with Crippen LogP contribution in [0, 0.1) is 0 Å². The van der Waals surface area contributed by atoms with Gasteiger partial charge >= 0.3 is 0 Å². The molecule has 0 bridgehead atoms. The zero-order valence-electron chi connectivity index (χ0n) is 7.16. The number of aromatic nitrogens is 1. The molecule has 0 spiro atoms. The molecule has 1 heterocycles. The predicted molar refractivity (Wildman–Crippen MR) is 49.8 cm³/mol. The minimum Gasteiger partial charge on any atom is -0.439 e. The van der Waals surface area contributed by atoms with Crippen LogP contribution in [-0.2, 0) is 13.1 Å². The van der Waals surface area contributed by atoms with E-state index in [-0.39, 0.29) is 0 Å². The largest absolute Gasteiger partial charge is 0.439 e. The first-order valence-corrected chi connectivity index (χ1v) is 4.12. The molecule has 0 saturated heterocycles. The quantitative estimate of drug-likeness (QED) is 0.709. The van der Waals surface area contributed by atoms with Crippen LogP contribution in [0.5, 0.6) is 0 Å². The molecule has 0 saturated carbocycles. The number of nitrogens with two attached hydrogens (primary N) is 2. The third-order valence-electron chi connectivity index (χ3n) is 1.91. The topological polar surface area (TPSA) is 78.1 Å². The van der Waals surface area contributed by atoms with Gasteiger partial charge in [-0.25, -0.2) is 4.98 Å². The number of benzene rings is 1. The van der Waals surface area contributed by atoms with Gasteiger partial charge in [-0.1, -0.05) is 6.07 Å². The smallest absolute Gasteiger partial charge is 0.209 e. The van der Waals surface area contributed by atoms with Crippen LogP contribution >= 0.6 is 0 Å². The van der Waals surface area contributed by atoms with E-state index in [4.69, 9.17) is 15.9 Å². The van der Waals surface area contributed by atoms with Crippen LogP contribution in [0.4, 0.5) is 0 Å². The van der Waals surface area contributed by atoms with Crippen molar-refractivity contribution in [1.82, 2.24) is 4.98 Å². The van der Waals surface area contributed by atoms with E-state index in [1.165, 1.54) is 0 Å². The first-order chi connectivity index (χ1) is 6.33. The second kappa shape index (κ2) is 3.16. The van der Waals surface area contributed by atoms with Gasteiger partial charge in [-0.3, -0.25) is 0 Å². The Bertz CT molecular complexity index is 420. The lowest BCUT2D eigenvalue weighted by Gasteiger charge is -1.92. The van der Waals surface area contributed by atoms with Gasteiger partial charge in [-0.05, 0) is 17.7 Å². The van der Waals surface area contributed by atoms with Gasteiger partial charge < -0.3 is 15.9 Å². The minimum atomic E-state index is 0.326. The summed E-state index contributed by atoms with van der Waals surface area (Å²) in [6.07, 6.45) is 0. The van der Waals surface area contributed by atoms with Gasteiger partial charge in [0, 0.05) is 6.54 Å². The summed E-state index contributed by atoms with van der Waals surface area (Å²) in [5, 5.41) is 0. The molecule has 2 aromatic rings. The third kappa shape index (κ3) is 1.41. The van der Waals surface area contributed by atoms with Crippen LogP contribution in [0.1, 0.15) is 11.5 Å². The summed E-state index contributed by atoms with van der Waals surface area (Å²) in [6.45, 7) is 0.841. The molecule has 4 nitrogen and oxygen atoms in total.